The molecule has 6 nitrogen and oxygen atoms in total. The van der Waals surface area contributed by atoms with Crippen molar-refractivity contribution in [3.05, 3.63) is 111 Å². The highest BCUT2D eigenvalue weighted by Crippen LogP contribution is 2.25. The maximum atomic E-state index is 14.3. The molecule has 0 aliphatic rings. The SMILES string of the molecule is Cc1cc(C(=O)c2ccc(-n3cnc(C)c3)c(O)c2)c(=O)n(C(C)c2cc(F)ccc2F)c1. The Labute approximate surface area is 188 Å². The first kappa shape index (κ1) is 22.1. The Morgan fingerprint density at radius 2 is 1.82 bits per heavy atom. The van der Waals surface area contributed by atoms with E-state index in [0.29, 0.717) is 11.3 Å². The van der Waals surface area contributed by atoms with E-state index < -0.39 is 29.0 Å². The molecule has 1 unspecified atom stereocenters. The molecule has 0 amide bonds. The molecule has 0 saturated carbocycles. The van der Waals surface area contributed by atoms with E-state index in [4.69, 9.17) is 0 Å². The van der Waals surface area contributed by atoms with Crippen molar-refractivity contribution in [3.8, 4) is 11.4 Å². The van der Waals surface area contributed by atoms with Crippen LogP contribution in [0.4, 0.5) is 8.78 Å². The quantitative estimate of drug-likeness (QED) is 0.456. The number of pyridine rings is 1. The fourth-order valence-corrected chi connectivity index (χ4v) is 3.77. The van der Waals surface area contributed by atoms with Gasteiger partial charge in [-0.15, -0.1) is 0 Å². The van der Waals surface area contributed by atoms with E-state index in [1.54, 1.807) is 30.7 Å². The highest BCUT2D eigenvalue weighted by molar-refractivity contribution is 6.09. The largest absolute Gasteiger partial charge is 0.506 e. The van der Waals surface area contributed by atoms with Gasteiger partial charge in [0.2, 0.25) is 0 Å². The summed E-state index contributed by atoms with van der Waals surface area (Å²) in [5, 5.41) is 10.5. The number of rotatable bonds is 5. The zero-order chi connectivity index (χ0) is 23.9. The third kappa shape index (κ3) is 4.19. The molecule has 2 aromatic heterocycles. The first-order chi connectivity index (χ1) is 15.7. The third-order valence-corrected chi connectivity index (χ3v) is 5.48. The van der Waals surface area contributed by atoms with Gasteiger partial charge in [-0.2, -0.15) is 0 Å². The Morgan fingerprint density at radius 1 is 1.06 bits per heavy atom. The number of phenolic OH excluding ortho intramolecular Hbond substituents is 1. The number of carbonyl (C=O) groups excluding carboxylic acids is 1. The zero-order valence-corrected chi connectivity index (χ0v) is 18.2. The van der Waals surface area contributed by atoms with Crippen molar-refractivity contribution >= 4 is 5.78 Å². The smallest absolute Gasteiger partial charge is 0.262 e. The van der Waals surface area contributed by atoms with E-state index in [1.807, 2.05) is 6.92 Å². The molecular formula is C25H21F2N3O3. The van der Waals surface area contributed by atoms with Gasteiger partial charge in [0.1, 0.15) is 17.4 Å². The number of halogens is 2. The minimum atomic E-state index is -0.847. The van der Waals surface area contributed by atoms with Crippen LogP contribution in [0.15, 0.2) is 66.0 Å². The summed E-state index contributed by atoms with van der Waals surface area (Å²) in [6.07, 6.45) is 4.76. The number of aromatic nitrogens is 3. The molecule has 8 heteroatoms. The summed E-state index contributed by atoms with van der Waals surface area (Å²) in [7, 11) is 0. The minimum Gasteiger partial charge on any atom is -0.506 e. The van der Waals surface area contributed by atoms with Gasteiger partial charge in [0.15, 0.2) is 5.78 Å². The van der Waals surface area contributed by atoms with Crippen molar-refractivity contribution in [1.29, 1.82) is 0 Å². The van der Waals surface area contributed by atoms with Crippen LogP contribution in [-0.4, -0.2) is 25.0 Å². The van der Waals surface area contributed by atoms with Crippen LogP contribution in [0.2, 0.25) is 0 Å². The van der Waals surface area contributed by atoms with Gasteiger partial charge >= 0.3 is 0 Å². The van der Waals surface area contributed by atoms with Gasteiger partial charge in [0.25, 0.3) is 5.56 Å². The van der Waals surface area contributed by atoms with E-state index >= 15 is 0 Å². The lowest BCUT2D eigenvalue weighted by Gasteiger charge is -2.18. The summed E-state index contributed by atoms with van der Waals surface area (Å²) in [6.45, 7) is 5.06. The van der Waals surface area contributed by atoms with Crippen molar-refractivity contribution in [1.82, 2.24) is 14.1 Å². The molecule has 2 aromatic carbocycles. The number of hydrogen-bond donors (Lipinski definition) is 1. The van der Waals surface area contributed by atoms with E-state index in [-0.39, 0.29) is 22.4 Å². The lowest BCUT2D eigenvalue weighted by molar-refractivity contribution is 0.103. The molecule has 33 heavy (non-hydrogen) atoms. The van der Waals surface area contributed by atoms with Crippen LogP contribution in [0, 0.1) is 25.5 Å². The number of imidazole rings is 1. The number of aromatic hydroxyl groups is 1. The molecule has 0 saturated heterocycles. The lowest BCUT2D eigenvalue weighted by Crippen LogP contribution is -2.29. The van der Waals surface area contributed by atoms with Crippen LogP contribution >= 0.6 is 0 Å². The molecule has 168 valence electrons. The summed E-state index contributed by atoms with van der Waals surface area (Å²) in [4.78, 5) is 30.5. The number of nitrogens with zero attached hydrogens (tertiary/aromatic N) is 3. The van der Waals surface area contributed by atoms with E-state index in [1.165, 1.54) is 35.3 Å². The Hall–Kier alpha value is -4.07. The summed E-state index contributed by atoms with van der Waals surface area (Å²) >= 11 is 0. The number of phenols is 1. The van der Waals surface area contributed by atoms with Crippen LogP contribution in [0.3, 0.4) is 0 Å². The second-order valence-electron chi connectivity index (χ2n) is 7.94. The normalized spacial score (nSPS) is 12.0. The first-order valence-electron chi connectivity index (χ1n) is 10.2. The van der Waals surface area contributed by atoms with Gasteiger partial charge in [0, 0.05) is 23.5 Å². The number of benzene rings is 2. The topological polar surface area (TPSA) is 77.1 Å². The number of aryl methyl sites for hydroxylation is 2. The van der Waals surface area contributed by atoms with Crippen LogP contribution in [0.5, 0.6) is 5.75 Å². The molecule has 2 heterocycles. The number of carbonyl (C=O) groups is 1. The van der Waals surface area contributed by atoms with Gasteiger partial charge in [-0.05, 0) is 68.8 Å². The van der Waals surface area contributed by atoms with Crippen molar-refractivity contribution < 1.29 is 18.7 Å². The fraction of sp³-hybridized carbons (Fsp3) is 0.160. The van der Waals surface area contributed by atoms with Gasteiger partial charge < -0.3 is 14.2 Å². The van der Waals surface area contributed by atoms with Crippen molar-refractivity contribution in [2.24, 2.45) is 0 Å². The average Bonchev–Trinajstić information content (AvgIpc) is 3.21. The third-order valence-electron chi connectivity index (χ3n) is 5.48. The monoisotopic (exact) mass is 449 g/mol. The molecule has 0 aliphatic carbocycles. The number of ketones is 1. The molecular weight excluding hydrogens is 428 g/mol. The summed E-state index contributed by atoms with van der Waals surface area (Å²) < 4.78 is 30.8. The molecule has 0 aliphatic heterocycles. The van der Waals surface area contributed by atoms with Crippen molar-refractivity contribution in [2.45, 2.75) is 26.8 Å². The van der Waals surface area contributed by atoms with Gasteiger partial charge in [-0.25, -0.2) is 13.8 Å². The van der Waals surface area contributed by atoms with Crippen molar-refractivity contribution in [2.75, 3.05) is 0 Å². The van der Waals surface area contributed by atoms with Gasteiger partial charge in [-0.1, -0.05) is 0 Å². The summed E-state index contributed by atoms with van der Waals surface area (Å²) in [5.41, 5.74) is 1.13. The highest BCUT2D eigenvalue weighted by Gasteiger charge is 2.21. The molecule has 0 radical (unpaired) electrons. The van der Waals surface area contributed by atoms with Crippen molar-refractivity contribution in [3.63, 3.8) is 0 Å². The Kier molecular flexibility index (Phi) is 5.68. The van der Waals surface area contributed by atoms with E-state index in [0.717, 1.165) is 23.9 Å². The van der Waals surface area contributed by atoms with Gasteiger partial charge in [0.05, 0.1) is 29.3 Å². The molecule has 0 spiro atoms. The predicted octanol–water partition coefficient (Wildman–Crippen LogP) is 4.47. The zero-order valence-electron chi connectivity index (χ0n) is 18.2. The predicted molar refractivity (Wildman–Crippen MR) is 119 cm³/mol. The van der Waals surface area contributed by atoms with E-state index in [2.05, 4.69) is 4.98 Å². The minimum absolute atomic E-state index is 0.00118. The molecule has 0 fully saturated rings. The maximum absolute atomic E-state index is 14.3. The average molecular weight is 449 g/mol. The van der Waals surface area contributed by atoms with Crippen LogP contribution < -0.4 is 5.56 Å². The lowest BCUT2D eigenvalue weighted by atomic mass is 10.0. The maximum Gasteiger partial charge on any atom is 0.262 e. The molecule has 0 bridgehead atoms. The second-order valence-corrected chi connectivity index (χ2v) is 7.94. The Morgan fingerprint density at radius 3 is 2.48 bits per heavy atom. The Balaban J connectivity index is 1.75. The molecule has 1 atom stereocenters. The second kappa shape index (κ2) is 8.46. The first-order valence-corrected chi connectivity index (χ1v) is 10.2. The molecule has 4 aromatic rings. The summed E-state index contributed by atoms with van der Waals surface area (Å²) in [5.74, 6) is -2.02. The summed E-state index contributed by atoms with van der Waals surface area (Å²) in [6, 6.07) is 7.98. The van der Waals surface area contributed by atoms with Gasteiger partial charge in [-0.3, -0.25) is 9.59 Å². The fourth-order valence-electron chi connectivity index (χ4n) is 3.77. The number of hydrogen-bond acceptors (Lipinski definition) is 4. The highest BCUT2D eigenvalue weighted by atomic mass is 19.1. The van der Waals surface area contributed by atoms with Crippen LogP contribution in [-0.2, 0) is 0 Å². The molecule has 4 rings (SSSR count). The molecule has 1 N–H and O–H groups in total. The van der Waals surface area contributed by atoms with Crippen LogP contribution in [0.25, 0.3) is 5.69 Å². The Bertz CT molecular complexity index is 1440. The van der Waals surface area contributed by atoms with Crippen LogP contribution in [0.1, 0.15) is 45.7 Å². The standard InChI is InChI=1S/C25H21F2N3O3/c1-14-8-20(25(33)30(11-14)16(3)19-10-18(26)5-6-21(19)27)24(32)17-4-7-22(23(31)9-17)29-12-15(2)28-13-29/h4-13,16,31H,1-3H3. The van der Waals surface area contributed by atoms with E-state index in [9.17, 15) is 23.5 Å².